The molecule has 0 aliphatic heterocycles. The quantitative estimate of drug-likeness (QED) is 0.720. The van der Waals surface area contributed by atoms with Crippen molar-refractivity contribution in [2.24, 2.45) is 0 Å². The molecule has 25 heavy (non-hydrogen) atoms. The maximum absolute atomic E-state index is 5.59. The normalized spacial score (nSPS) is 10.8. The summed E-state index contributed by atoms with van der Waals surface area (Å²) in [6.45, 7) is 3.95. The molecule has 8 nitrogen and oxygen atoms in total. The van der Waals surface area contributed by atoms with Crippen molar-refractivity contribution in [1.29, 1.82) is 0 Å². The zero-order valence-corrected chi connectivity index (χ0v) is 15.3. The van der Waals surface area contributed by atoms with Crippen LogP contribution >= 0.6 is 11.5 Å². The summed E-state index contributed by atoms with van der Waals surface area (Å²) in [4.78, 5) is 19.3. The largest absolute Gasteiger partial charge is 0.489 e. The van der Waals surface area contributed by atoms with Crippen LogP contribution in [0.1, 0.15) is 13.8 Å². The Labute approximate surface area is 150 Å². The van der Waals surface area contributed by atoms with Crippen LogP contribution in [0.5, 0.6) is 5.75 Å². The van der Waals surface area contributed by atoms with Gasteiger partial charge in [0, 0.05) is 38.0 Å². The molecule has 0 saturated heterocycles. The van der Waals surface area contributed by atoms with Crippen molar-refractivity contribution in [1.82, 2.24) is 24.3 Å². The Morgan fingerprint density at radius 3 is 2.60 bits per heavy atom. The zero-order valence-electron chi connectivity index (χ0n) is 14.5. The van der Waals surface area contributed by atoms with Gasteiger partial charge in [0.1, 0.15) is 11.4 Å². The van der Waals surface area contributed by atoms with Crippen molar-refractivity contribution in [2.45, 2.75) is 20.0 Å². The summed E-state index contributed by atoms with van der Waals surface area (Å²) in [7, 11) is 3.82. The second-order valence-corrected chi connectivity index (χ2v) is 6.47. The van der Waals surface area contributed by atoms with Crippen LogP contribution in [-0.4, -0.2) is 44.5 Å². The molecule has 3 aromatic rings. The van der Waals surface area contributed by atoms with Crippen LogP contribution in [0.2, 0.25) is 0 Å². The van der Waals surface area contributed by atoms with E-state index in [-0.39, 0.29) is 6.10 Å². The van der Waals surface area contributed by atoms with E-state index in [1.165, 1.54) is 11.5 Å². The Morgan fingerprint density at radius 1 is 1.12 bits per heavy atom. The number of pyridine rings is 1. The molecular formula is C16H19N7OS. The third kappa shape index (κ3) is 4.18. The van der Waals surface area contributed by atoms with Crippen molar-refractivity contribution in [3.63, 3.8) is 0 Å². The second-order valence-electron chi connectivity index (χ2n) is 5.72. The lowest BCUT2D eigenvalue weighted by molar-refractivity contribution is 0.241. The van der Waals surface area contributed by atoms with Gasteiger partial charge in [0.25, 0.3) is 0 Å². The summed E-state index contributed by atoms with van der Waals surface area (Å²) in [5.41, 5.74) is 0.687. The van der Waals surface area contributed by atoms with Gasteiger partial charge in [-0.2, -0.15) is 9.36 Å². The van der Waals surface area contributed by atoms with Crippen LogP contribution in [-0.2, 0) is 0 Å². The van der Waals surface area contributed by atoms with Crippen molar-refractivity contribution in [3.05, 3.63) is 30.7 Å². The Hall–Kier alpha value is -2.81. The summed E-state index contributed by atoms with van der Waals surface area (Å²) in [5.74, 6) is 2.64. The maximum atomic E-state index is 5.59. The molecule has 0 unspecified atom stereocenters. The molecule has 0 radical (unpaired) electrons. The molecule has 0 amide bonds. The van der Waals surface area contributed by atoms with Gasteiger partial charge in [-0.3, -0.25) is 0 Å². The lowest BCUT2D eigenvalue weighted by Crippen LogP contribution is -2.13. The fourth-order valence-corrected chi connectivity index (χ4v) is 2.66. The van der Waals surface area contributed by atoms with E-state index >= 15 is 0 Å². The third-order valence-corrected chi connectivity index (χ3v) is 3.72. The summed E-state index contributed by atoms with van der Waals surface area (Å²) in [5, 5.41) is 3.79. The summed E-state index contributed by atoms with van der Waals surface area (Å²) >= 11 is 1.24. The average Bonchev–Trinajstić information content (AvgIpc) is 3.04. The lowest BCUT2D eigenvalue weighted by atomic mass is 10.3. The molecule has 3 heterocycles. The van der Waals surface area contributed by atoms with Crippen LogP contribution in [0, 0.1) is 0 Å². The van der Waals surface area contributed by atoms with Gasteiger partial charge in [-0.15, -0.1) is 0 Å². The molecule has 0 aliphatic rings. The first kappa shape index (κ1) is 17.0. The first-order valence-electron chi connectivity index (χ1n) is 7.75. The van der Waals surface area contributed by atoms with Gasteiger partial charge >= 0.3 is 0 Å². The fourth-order valence-electron chi connectivity index (χ4n) is 2.08. The topological polar surface area (TPSA) is 89.0 Å². The minimum Gasteiger partial charge on any atom is -0.489 e. The van der Waals surface area contributed by atoms with E-state index < -0.39 is 0 Å². The highest BCUT2D eigenvalue weighted by Gasteiger charge is 2.12. The summed E-state index contributed by atoms with van der Waals surface area (Å²) < 4.78 is 9.94. The Balaban J connectivity index is 1.77. The minimum atomic E-state index is 0.110. The molecule has 0 saturated carbocycles. The van der Waals surface area contributed by atoms with Crippen molar-refractivity contribution in [3.8, 4) is 17.3 Å². The second kappa shape index (κ2) is 7.39. The van der Waals surface area contributed by atoms with E-state index in [1.807, 2.05) is 45.0 Å². The van der Waals surface area contributed by atoms with Gasteiger partial charge in [0.2, 0.25) is 5.13 Å². The third-order valence-electron chi connectivity index (χ3n) is 3.09. The molecule has 3 aromatic heterocycles. The number of nitrogens with one attached hydrogen (secondary N) is 1. The van der Waals surface area contributed by atoms with Gasteiger partial charge in [-0.1, -0.05) is 0 Å². The van der Waals surface area contributed by atoms with E-state index in [2.05, 4.69) is 29.6 Å². The number of ether oxygens (including phenoxy) is 1. The van der Waals surface area contributed by atoms with Crippen LogP contribution in [0.4, 0.5) is 16.8 Å². The smallest absolute Gasteiger partial charge is 0.208 e. The molecule has 0 bridgehead atoms. The molecule has 3 rings (SSSR count). The fraction of sp³-hybridized carbons (Fsp3) is 0.312. The average molecular weight is 357 g/mol. The maximum Gasteiger partial charge on any atom is 0.208 e. The predicted molar refractivity (Wildman–Crippen MR) is 98.5 cm³/mol. The highest BCUT2D eigenvalue weighted by molar-refractivity contribution is 7.09. The molecular weight excluding hydrogens is 338 g/mol. The molecule has 0 aliphatic carbocycles. The van der Waals surface area contributed by atoms with Gasteiger partial charge in [0.15, 0.2) is 17.5 Å². The Morgan fingerprint density at radius 2 is 1.92 bits per heavy atom. The zero-order chi connectivity index (χ0) is 17.8. The number of anilines is 3. The molecule has 0 fully saturated rings. The van der Waals surface area contributed by atoms with Crippen molar-refractivity contribution in [2.75, 3.05) is 24.3 Å². The van der Waals surface area contributed by atoms with E-state index in [1.54, 1.807) is 18.6 Å². The minimum absolute atomic E-state index is 0.110. The van der Waals surface area contributed by atoms with E-state index in [4.69, 9.17) is 4.74 Å². The highest BCUT2D eigenvalue weighted by atomic mass is 32.1. The Bertz CT molecular complexity index is 833. The van der Waals surface area contributed by atoms with E-state index in [0.717, 1.165) is 11.6 Å². The first-order chi connectivity index (χ1) is 12.0. The van der Waals surface area contributed by atoms with Crippen molar-refractivity contribution < 1.29 is 4.74 Å². The predicted octanol–water partition coefficient (Wildman–Crippen LogP) is 2.99. The molecule has 130 valence electrons. The van der Waals surface area contributed by atoms with Crippen molar-refractivity contribution >= 4 is 28.3 Å². The van der Waals surface area contributed by atoms with Gasteiger partial charge in [0.05, 0.1) is 12.3 Å². The SMILES string of the molecule is CC(C)Oc1ccc(-c2nsc(Nc3nccnc3N(C)C)n2)nc1. The number of nitrogens with zero attached hydrogens (tertiary/aromatic N) is 6. The number of hydrogen-bond acceptors (Lipinski definition) is 9. The van der Waals surface area contributed by atoms with Gasteiger partial charge in [-0.25, -0.2) is 15.0 Å². The monoisotopic (exact) mass is 357 g/mol. The summed E-state index contributed by atoms with van der Waals surface area (Å²) in [6, 6.07) is 3.71. The van der Waals surface area contributed by atoms with Gasteiger partial charge < -0.3 is 15.0 Å². The van der Waals surface area contributed by atoms with Crippen LogP contribution in [0.25, 0.3) is 11.5 Å². The van der Waals surface area contributed by atoms with E-state index in [9.17, 15) is 0 Å². The standard InChI is InChI=1S/C16H19N7OS/c1-10(2)24-11-5-6-12(19-9-11)13-20-16(25-22-13)21-14-15(23(3)4)18-8-7-17-14/h5-10H,1-4H3,(H,17,20,21,22). The molecule has 1 N–H and O–H groups in total. The Kier molecular flexibility index (Phi) is 5.03. The number of hydrogen-bond donors (Lipinski definition) is 1. The van der Waals surface area contributed by atoms with Crippen LogP contribution < -0.4 is 15.0 Å². The lowest BCUT2D eigenvalue weighted by Gasteiger charge is -2.14. The molecule has 0 atom stereocenters. The first-order valence-corrected chi connectivity index (χ1v) is 8.52. The molecule has 9 heteroatoms. The van der Waals surface area contributed by atoms with Crippen LogP contribution in [0.15, 0.2) is 30.7 Å². The number of rotatable bonds is 6. The molecule has 0 spiro atoms. The van der Waals surface area contributed by atoms with Gasteiger partial charge in [-0.05, 0) is 26.0 Å². The highest BCUT2D eigenvalue weighted by Crippen LogP contribution is 2.26. The summed E-state index contributed by atoms with van der Waals surface area (Å²) in [6.07, 6.45) is 5.07. The van der Waals surface area contributed by atoms with Crippen LogP contribution in [0.3, 0.4) is 0 Å². The molecule has 0 aromatic carbocycles. The van der Waals surface area contributed by atoms with E-state index in [0.29, 0.717) is 22.5 Å². The number of aromatic nitrogens is 5.